The second-order valence-corrected chi connectivity index (χ2v) is 6.26. The van der Waals surface area contributed by atoms with Crippen molar-refractivity contribution in [2.75, 3.05) is 40.6 Å². The minimum atomic E-state index is -0.0897. The lowest BCUT2D eigenvalue weighted by atomic mass is 9.86. The van der Waals surface area contributed by atoms with Crippen molar-refractivity contribution in [3.63, 3.8) is 0 Å². The van der Waals surface area contributed by atoms with Crippen molar-refractivity contribution in [2.45, 2.75) is 50.4 Å². The molecule has 1 amide bonds. The number of rotatable bonds is 7. The van der Waals surface area contributed by atoms with Crippen LogP contribution < -0.4 is 0 Å². The highest BCUT2D eigenvalue weighted by Crippen LogP contribution is 2.30. The highest BCUT2D eigenvalue weighted by Gasteiger charge is 2.38. The smallest absolute Gasteiger partial charge is 0.226 e. The standard InChI is InChI=1S/C16H29NO5/c1-20-7-8-22-14-5-3-12(4-6-14)16(19)17-10-15(21-2)9-13(17)11-18/h12-15,18H,3-11H2,1-2H3/t12?,13-,14?,15+/m0/s1. The number of aliphatic hydroxyl groups is 1. The Bertz CT molecular complexity index is 343. The molecule has 22 heavy (non-hydrogen) atoms. The third kappa shape index (κ3) is 4.41. The molecule has 0 bridgehead atoms. The minimum absolute atomic E-state index is 0.0150. The van der Waals surface area contributed by atoms with Gasteiger partial charge in [0.25, 0.3) is 0 Å². The summed E-state index contributed by atoms with van der Waals surface area (Å²) in [4.78, 5) is 14.5. The molecule has 2 aliphatic rings. The zero-order valence-corrected chi connectivity index (χ0v) is 13.7. The molecule has 0 aromatic carbocycles. The minimum Gasteiger partial charge on any atom is -0.394 e. The first-order valence-corrected chi connectivity index (χ1v) is 8.24. The first kappa shape index (κ1) is 17.7. The molecule has 0 spiro atoms. The van der Waals surface area contributed by atoms with Crippen LogP contribution in [0.1, 0.15) is 32.1 Å². The summed E-state index contributed by atoms with van der Waals surface area (Å²) in [6.45, 7) is 1.85. The largest absolute Gasteiger partial charge is 0.394 e. The molecule has 0 aromatic heterocycles. The van der Waals surface area contributed by atoms with Crippen LogP contribution in [0.15, 0.2) is 0 Å². The van der Waals surface area contributed by atoms with Gasteiger partial charge in [-0.25, -0.2) is 0 Å². The second kappa shape index (κ2) is 8.82. The topological polar surface area (TPSA) is 68.2 Å². The lowest BCUT2D eigenvalue weighted by Crippen LogP contribution is -2.43. The molecule has 1 heterocycles. The second-order valence-electron chi connectivity index (χ2n) is 6.26. The molecule has 0 aromatic rings. The van der Waals surface area contributed by atoms with Crippen LogP contribution in [-0.4, -0.2) is 74.7 Å². The van der Waals surface area contributed by atoms with Gasteiger partial charge in [0.15, 0.2) is 0 Å². The molecule has 2 rings (SSSR count). The fourth-order valence-electron chi connectivity index (χ4n) is 3.50. The number of ether oxygens (including phenoxy) is 3. The Kier molecular flexibility index (Phi) is 7.08. The lowest BCUT2D eigenvalue weighted by molar-refractivity contribution is -0.139. The van der Waals surface area contributed by atoms with Crippen LogP contribution in [0.2, 0.25) is 0 Å². The van der Waals surface area contributed by atoms with Crippen molar-refractivity contribution in [1.82, 2.24) is 4.90 Å². The summed E-state index contributed by atoms with van der Waals surface area (Å²) in [5.41, 5.74) is 0. The molecule has 2 atom stereocenters. The molecule has 1 saturated heterocycles. The SMILES string of the molecule is COCCOC1CCC(C(=O)N2C[C@H](OC)C[C@H]2CO)CC1. The van der Waals surface area contributed by atoms with E-state index in [1.807, 2.05) is 4.90 Å². The fraction of sp³-hybridized carbons (Fsp3) is 0.938. The van der Waals surface area contributed by atoms with Crippen molar-refractivity contribution in [3.05, 3.63) is 0 Å². The molecular formula is C16H29NO5. The van der Waals surface area contributed by atoms with E-state index in [1.165, 1.54) is 0 Å². The zero-order valence-electron chi connectivity index (χ0n) is 13.7. The van der Waals surface area contributed by atoms with Gasteiger partial charge in [-0.1, -0.05) is 0 Å². The van der Waals surface area contributed by atoms with Gasteiger partial charge in [-0.05, 0) is 32.1 Å². The van der Waals surface area contributed by atoms with Crippen molar-refractivity contribution in [2.24, 2.45) is 5.92 Å². The van der Waals surface area contributed by atoms with E-state index < -0.39 is 0 Å². The maximum atomic E-state index is 12.7. The van der Waals surface area contributed by atoms with Gasteiger partial charge in [-0.15, -0.1) is 0 Å². The maximum absolute atomic E-state index is 12.7. The maximum Gasteiger partial charge on any atom is 0.226 e. The highest BCUT2D eigenvalue weighted by molar-refractivity contribution is 5.79. The average Bonchev–Trinajstić information content (AvgIpc) is 2.98. The fourth-order valence-corrected chi connectivity index (χ4v) is 3.50. The normalized spacial score (nSPS) is 32.4. The Labute approximate surface area is 132 Å². The summed E-state index contributed by atoms with van der Waals surface area (Å²) < 4.78 is 16.1. The first-order valence-electron chi connectivity index (χ1n) is 8.24. The number of likely N-dealkylation sites (tertiary alicyclic amines) is 1. The quantitative estimate of drug-likeness (QED) is 0.704. The van der Waals surface area contributed by atoms with E-state index >= 15 is 0 Å². The number of aliphatic hydroxyl groups excluding tert-OH is 1. The van der Waals surface area contributed by atoms with Crippen LogP contribution in [0, 0.1) is 5.92 Å². The molecule has 1 N–H and O–H groups in total. The summed E-state index contributed by atoms with van der Waals surface area (Å²) in [6.07, 6.45) is 4.60. The number of carbonyl (C=O) groups is 1. The van der Waals surface area contributed by atoms with Crippen molar-refractivity contribution in [3.8, 4) is 0 Å². The molecule has 0 radical (unpaired) electrons. The Balaban J connectivity index is 1.79. The number of amides is 1. The zero-order chi connectivity index (χ0) is 15.9. The molecule has 6 heteroatoms. The Morgan fingerprint density at radius 2 is 1.86 bits per heavy atom. The van der Waals surface area contributed by atoms with Crippen LogP contribution in [0.4, 0.5) is 0 Å². The number of hydrogen-bond donors (Lipinski definition) is 1. The predicted octanol–water partition coefficient (Wildman–Crippen LogP) is 0.816. The number of nitrogens with zero attached hydrogens (tertiary/aromatic N) is 1. The van der Waals surface area contributed by atoms with Crippen LogP contribution in [0.5, 0.6) is 0 Å². The van der Waals surface area contributed by atoms with Crippen molar-refractivity contribution >= 4 is 5.91 Å². The molecular weight excluding hydrogens is 286 g/mol. The summed E-state index contributed by atoms with van der Waals surface area (Å²) in [6, 6.07) is -0.0897. The molecule has 128 valence electrons. The van der Waals surface area contributed by atoms with E-state index in [4.69, 9.17) is 14.2 Å². The van der Waals surface area contributed by atoms with E-state index in [2.05, 4.69) is 0 Å². The molecule has 1 aliphatic carbocycles. The third-order valence-corrected chi connectivity index (χ3v) is 4.87. The van der Waals surface area contributed by atoms with Crippen LogP contribution >= 0.6 is 0 Å². The molecule has 1 saturated carbocycles. The van der Waals surface area contributed by atoms with E-state index in [0.29, 0.717) is 19.8 Å². The van der Waals surface area contributed by atoms with Crippen molar-refractivity contribution < 1.29 is 24.1 Å². The monoisotopic (exact) mass is 315 g/mol. The van der Waals surface area contributed by atoms with Gasteiger partial charge >= 0.3 is 0 Å². The first-order chi connectivity index (χ1) is 10.7. The Morgan fingerprint density at radius 1 is 1.14 bits per heavy atom. The number of methoxy groups -OCH3 is 2. The van der Waals surface area contributed by atoms with Gasteiger partial charge in [0.2, 0.25) is 5.91 Å². The lowest BCUT2D eigenvalue weighted by Gasteiger charge is -2.32. The highest BCUT2D eigenvalue weighted by atomic mass is 16.5. The average molecular weight is 315 g/mol. The van der Waals surface area contributed by atoms with E-state index in [1.54, 1.807) is 14.2 Å². The van der Waals surface area contributed by atoms with Gasteiger partial charge in [0.05, 0.1) is 38.1 Å². The predicted molar refractivity (Wildman–Crippen MR) is 81.6 cm³/mol. The summed E-state index contributed by atoms with van der Waals surface area (Å²) in [5.74, 6) is 0.237. The number of hydrogen-bond acceptors (Lipinski definition) is 5. The van der Waals surface area contributed by atoms with Gasteiger partial charge in [-0.3, -0.25) is 4.79 Å². The Hall–Kier alpha value is -0.690. The van der Waals surface area contributed by atoms with E-state index in [-0.39, 0.29) is 36.7 Å². The van der Waals surface area contributed by atoms with Gasteiger partial charge in [-0.2, -0.15) is 0 Å². The summed E-state index contributed by atoms with van der Waals surface area (Å²) in [7, 11) is 3.33. The van der Waals surface area contributed by atoms with Gasteiger partial charge < -0.3 is 24.2 Å². The van der Waals surface area contributed by atoms with Crippen LogP contribution in [0.3, 0.4) is 0 Å². The van der Waals surface area contributed by atoms with Gasteiger partial charge in [0.1, 0.15) is 0 Å². The Morgan fingerprint density at radius 3 is 2.45 bits per heavy atom. The number of carbonyl (C=O) groups excluding carboxylic acids is 1. The molecule has 1 aliphatic heterocycles. The van der Waals surface area contributed by atoms with Crippen molar-refractivity contribution in [1.29, 1.82) is 0 Å². The molecule has 0 unspecified atom stereocenters. The third-order valence-electron chi connectivity index (χ3n) is 4.87. The van der Waals surface area contributed by atoms with Crippen LogP contribution in [-0.2, 0) is 19.0 Å². The summed E-state index contributed by atoms with van der Waals surface area (Å²) in [5, 5.41) is 9.48. The van der Waals surface area contributed by atoms with Crippen LogP contribution in [0.25, 0.3) is 0 Å². The van der Waals surface area contributed by atoms with Gasteiger partial charge in [0, 0.05) is 26.7 Å². The summed E-state index contributed by atoms with van der Waals surface area (Å²) >= 11 is 0. The van der Waals surface area contributed by atoms with E-state index in [9.17, 15) is 9.90 Å². The molecule has 2 fully saturated rings. The van der Waals surface area contributed by atoms with E-state index in [0.717, 1.165) is 32.1 Å². The molecule has 6 nitrogen and oxygen atoms in total.